The maximum Gasteiger partial charge on any atom is 0.238 e. The standard InChI is InChI=1S/C23H33N5O/c1-17-19(15-27(3)26-17)25-22(29)16-28-20(18-10-6-4-7-11-18)14-23(2)21(28)12-8-5-9-13-24-23/h4,6-7,10-11,15,20-21,24H,5,8-9,12-14,16H2,1-3H3,(H,25,29)/t20-,21-,23-/m0/s1. The molecule has 1 aromatic heterocycles. The van der Waals surface area contributed by atoms with Crippen LogP contribution in [0.3, 0.4) is 0 Å². The monoisotopic (exact) mass is 395 g/mol. The fourth-order valence-electron chi connectivity index (χ4n) is 5.21. The van der Waals surface area contributed by atoms with E-state index in [2.05, 4.69) is 57.9 Å². The van der Waals surface area contributed by atoms with Crippen LogP contribution in [0.4, 0.5) is 5.69 Å². The van der Waals surface area contributed by atoms with Gasteiger partial charge in [-0.15, -0.1) is 0 Å². The quantitative estimate of drug-likeness (QED) is 0.833. The Balaban J connectivity index is 1.59. The summed E-state index contributed by atoms with van der Waals surface area (Å²) in [5.41, 5.74) is 2.98. The van der Waals surface area contributed by atoms with Gasteiger partial charge in [0.25, 0.3) is 0 Å². The van der Waals surface area contributed by atoms with Crippen LogP contribution >= 0.6 is 0 Å². The van der Waals surface area contributed by atoms with Crippen molar-refractivity contribution in [2.75, 3.05) is 18.4 Å². The number of hydrogen-bond acceptors (Lipinski definition) is 4. The molecule has 2 aliphatic rings. The van der Waals surface area contributed by atoms with Crippen LogP contribution in [0.15, 0.2) is 36.5 Å². The molecular weight excluding hydrogens is 362 g/mol. The summed E-state index contributed by atoms with van der Waals surface area (Å²) in [5, 5.41) is 11.3. The fraction of sp³-hybridized carbons (Fsp3) is 0.565. The van der Waals surface area contributed by atoms with Gasteiger partial charge in [-0.2, -0.15) is 5.10 Å². The Labute approximate surface area is 173 Å². The van der Waals surface area contributed by atoms with Crippen molar-refractivity contribution in [2.24, 2.45) is 7.05 Å². The van der Waals surface area contributed by atoms with E-state index in [9.17, 15) is 4.79 Å². The number of anilines is 1. The molecule has 6 heteroatoms. The molecular formula is C23H33N5O. The third-order valence-corrected chi connectivity index (χ3v) is 6.63. The van der Waals surface area contributed by atoms with Gasteiger partial charge in [-0.25, -0.2) is 0 Å². The number of hydrogen-bond donors (Lipinski definition) is 2. The van der Waals surface area contributed by atoms with Crippen molar-refractivity contribution < 1.29 is 4.79 Å². The van der Waals surface area contributed by atoms with E-state index in [-0.39, 0.29) is 17.5 Å². The van der Waals surface area contributed by atoms with Crippen molar-refractivity contribution in [1.29, 1.82) is 0 Å². The first kappa shape index (κ1) is 20.1. The first-order valence-electron chi connectivity index (χ1n) is 10.8. The zero-order valence-electron chi connectivity index (χ0n) is 17.8. The molecule has 0 radical (unpaired) electrons. The van der Waals surface area contributed by atoms with Crippen LogP contribution in [-0.4, -0.2) is 45.3 Å². The van der Waals surface area contributed by atoms with Crippen molar-refractivity contribution in [3.05, 3.63) is 47.8 Å². The largest absolute Gasteiger partial charge is 0.322 e. The van der Waals surface area contributed by atoms with Crippen LogP contribution in [-0.2, 0) is 11.8 Å². The maximum absolute atomic E-state index is 13.0. The summed E-state index contributed by atoms with van der Waals surface area (Å²) in [6.07, 6.45) is 7.74. The van der Waals surface area contributed by atoms with E-state index >= 15 is 0 Å². The van der Waals surface area contributed by atoms with Gasteiger partial charge in [0.15, 0.2) is 0 Å². The Kier molecular flexibility index (Phi) is 5.74. The Morgan fingerprint density at radius 1 is 1.28 bits per heavy atom. The minimum absolute atomic E-state index is 0.0332. The lowest BCUT2D eigenvalue weighted by Crippen LogP contribution is -2.54. The lowest BCUT2D eigenvalue weighted by Gasteiger charge is -2.38. The summed E-state index contributed by atoms with van der Waals surface area (Å²) in [6, 6.07) is 11.3. The zero-order valence-corrected chi connectivity index (χ0v) is 17.8. The molecule has 3 heterocycles. The van der Waals surface area contributed by atoms with Crippen LogP contribution in [0.25, 0.3) is 0 Å². The Hall–Kier alpha value is -2.18. The highest BCUT2D eigenvalue weighted by molar-refractivity contribution is 5.92. The van der Waals surface area contributed by atoms with E-state index in [4.69, 9.17) is 0 Å². The number of aryl methyl sites for hydroxylation is 2. The molecule has 0 spiro atoms. The van der Waals surface area contributed by atoms with E-state index in [1.807, 2.05) is 20.2 Å². The molecule has 2 fully saturated rings. The van der Waals surface area contributed by atoms with Gasteiger partial charge in [0.05, 0.1) is 17.9 Å². The van der Waals surface area contributed by atoms with Gasteiger partial charge >= 0.3 is 0 Å². The van der Waals surface area contributed by atoms with E-state index in [1.54, 1.807) is 4.68 Å². The summed E-state index contributed by atoms with van der Waals surface area (Å²) in [5.74, 6) is 0.0355. The molecule has 2 aromatic rings. The summed E-state index contributed by atoms with van der Waals surface area (Å²) in [4.78, 5) is 15.5. The number of benzene rings is 1. The second kappa shape index (κ2) is 8.28. The molecule has 0 saturated carbocycles. The summed E-state index contributed by atoms with van der Waals surface area (Å²) in [7, 11) is 1.88. The lowest BCUT2D eigenvalue weighted by atomic mass is 9.85. The van der Waals surface area contributed by atoms with E-state index in [1.165, 1.54) is 24.8 Å². The average molecular weight is 396 g/mol. The van der Waals surface area contributed by atoms with Gasteiger partial charge in [-0.1, -0.05) is 43.2 Å². The number of rotatable bonds is 4. The molecule has 0 bridgehead atoms. The topological polar surface area (TPSA) is 62.2 Å². The smallest absolute Gasteiger partial charge is 0.238 e. The molecule has 0 aliphatic carbocycles. The normalized spacial score (nSPS) is 27.8. The highest BCUT2D eigenvalue weighted by atomic mass is 16.2. The second-order valence-corrected chi connectivity index (χ2v) is 8.86. The molecule has 4 rings (SSSR count). The van der Waals surface area contributed by atoms with Crippen LogP contribution in [0, 0.1) is 6.92 Å². The van der Waals surface area contributed by atoms with E-state index in [0.29, 0.717) is 12.6 Å². The Bertz CT molecular complexity index is 848. The van der Waals surface area contributed by atoms with Gasteiger partial charge in [-0.05, 0) is 45.2 Å². The number of amides is 1. The van der Waals surface area contributed by atoms with Gasteiger partial charge in [0, 0.05) is 30.9 Å². The number of fused-ring (bicyclic) bond motifs is 1. The SMILES string of the molecule is Cc1nn(C)cc1NC(=O)CN1[C@H]2CCCCCN[C@@]2(C)C[C@H]1c1ccccc1. The van der Waals surface area contributed by atoms with Gasteiger partial charge in [-0.3, -0.25) is 14.4 Å². The molecule has 2 N–H and O–H groups in total. The number of nitrogens with one attached hydrogen (secondary N) is 2. The van der Waals surface area contributed by atoms with Gasteiger partial charge in [0.1, 0.15) is 0 Å². The van der Waals surface area contributed by atoms with Gasteiger partial charge in [0.2, 0.25) is 5.91 Å². The van der Waals surface area contributed by atoms with Crippen molar-refractivity contribution in [2.45, 2.75) is 63.6 Å². The summed E-state index contributed by atoms with van der Waals surface area (Å²) >= 11 is 0. The third-order valence-electron chi connectivity index (χ3n) is 6.63. The highest BCUT2D eigenvalue weighted by Gasteiger charge is 2.49. The Morgan fingerprint density at radius 2 is 2.07 bits per heavy atom. The van der Waals surface area contributed by atoms with E-state index in [0.717, 1.165) is 30.8 Å². The number of carbonyl (C=O) groups is 1. The predicted molar refractivity (Wildman–Crippen MR) is 116 cm³/mol. The molecule has 3 atom stereocenters. The van der Waals surface area contributed by atoms with Crippen LogP contribution in [0.1, 0.15) is 56.3 Å². The molecule has 6 nitrogen and oxygen atoms in total. The minimum Gasteiger partial charge on any atom is -0.322 e. The van der Waals surface area contributed by atoms with Gasteiger partial charge < -0.3 is 10.6 Å². The molecule has 1 aromatic carbocycles. The third kappa shape index (κ3) is 4.23. The number of carbonyl (C=O) groups excluding carboxylic acids is 1. The van der Waals surface area contributed by atoms with Crippen LogP contribution < -0.4 is 10.6 Å². The average Bonchev–Trinajstić information content (AvgIpc) is 3.12. The second-order valence-electron chi connectivity index (χ2n) is 8.86. The lowest BCUT2D eigenvalue weighted by molar-refractivity contribution is -0.118. The molecule has 2 aliphatic heterocycles. The van der Waals surface area contributed by atoms with Crippen molar-refractivity contribution in [1.82, 2.24) is 20.0 Å². The molecule has 29 heavy (non-hydrogen) atoms. The number of aromatic nitrogens is 2. The first-order chi connectivity index (χ1) is 14.0. The van der Waals surface area contributed by atoms with Crippen LogP contribution in [0.2, 0.25) is 0 Å². The Morgan fingerprint density at radius 3 is 2.79 bits per heavy atom. The molecule has 1 amide bonds. The number of likely N-dealkylation sites (tertiary alicyclic amines) is 1. The molecule has 156 valence electrons. The minimum atomic E-state index is 0.0332. The first-order valence-corrected chi connectivity index (χ1v) is 10.8. The van der Waals surface area contributed by atoms with Crippen molar-refractivity contribution >= 4 is 11.6 Å². The van der Waals surface area contributed by atoms with Crippen molar-refractivity contribution in [3.8, 4) is 0 Å². The highest BCUT2D eigenvalue weighted by Crippen LogP contribution is 2.44. The number of nitrogens with zero attached hydrogens (tertiary/aromatic N) is 3. The van der Waals surface area contributed by atoms with Crippen molar-refractivity contribution in [3.63, 3.8) is 0 Å². The fourth-order valence-corrected chi connectivity index (χ4v) is 5.21. The molecule has 0 unspecified atom stereocenters. The predicted octanol–water partition coefficient (Wildman–Crippen LogP) is 3.40. The summed E-state index contributed by atoms with van der Waals surface area (Å²) in [6.45, 7) is 5.73. The maximum atomic E-state index is 13.0. The van der Waals surface area contributed by atoms with E-state index < -0.39 is 0 Å². The van der Waals surface area contributed by atoms with Crippen LogP contribution in [0.5, 0.6) is 0 Å². The molecule has 2 saturated heterocycles. The zero-order chi connectivity index (χ0) is 20.4. The summed E-state index contributed by atoms with van der Waals surface area (Å²) < 4.78 is 1.74.